The zero-order chi connectivity index (χ0) is 11.8. The molecule has 0 bridgehead atoms. The molecule has 0 spiro atoms. The Bertz CT molecular complexity index is 461. The lowest BCUT2D eigenvalue weighted by Crippen LogP contribution is -2.24. The summed E-state index contributed by atoms with van der Waals surface area (Å²) in [4.78, 5) is 13.7. The fourth-order valence-corrected chi connectivity index (χ4v) is 2.68. The molecular weight excluding hydrogens is 238 g/mol. The summed E-state index contributed by atoms with van der Waals surface area (Å²) >= 11 is 5.82. The number of nitrogens with zero attached hydrogens (tertiary/aromatic N) is 1. The van der Waals surface area contributed by atoms with E-state index in [0.717, 1.165) is 31.0 Å². The second-order valence-electron chi connectivity index (χ2n) is 4.62. The summed E-state index contributed by atoms with van der Waals surface area (Å²) in [6.07, 6.45) is 1.50. The van der Waals surface area contributed by atoms with Crippen LogP contribution in [0, 0.1) is 5.92 Å². The molecule has 17 heavy (non-hydrogen) atoms. The highest BCUT2D eigenvalue weighted by Crippen LogP contribution is 2.32. The van der Waals surface area contributed by atoms with Gasteiger partial charge in [-0.05, 0) is 29.7 Å². The van der Waals surface area contributed by atoms with Crippen molar-refractivity contribution in [2.45, 2.75) is 12.8 Å². The van der Waals surface area contributed by atoms with Crippen LogP contribution in [-0.4, -0.2) is 24.9 Å². The molecule has 0 N–H and O–H groups in total. The molecule has 1 aromatic rings. The summed E-state index contributed by atoms with van der Waals surface area (Å²) < 4.78 is 5.46. The first kappa shape index (κ1) is 10.9. The zero-order valence-electron chi connectivity index (χ0n) is 9.49. The Morgan fingerprint density at radius 2 is 2.35 bits per heavy atom. The first-order valence-corrected chi connectivity index (χ1v) is 6.43. The SMILES string of the molecule is O=C1CC(CCl)CN1c1ccc2c(c1)CCO2. The maximum absolute atomic E-state index is 11.9. The van der Waals surface area contributed by atoms with Crippen molar-refractivity contribution in [1.29, 1.82) is 0 Å². The highest BCUT2D eigenvalue weighted by Gasteiger charge is 2.30. The van der Waals surface area contributed by atoms with Crippen LogP contribution in [0.5, 0.6) is 5.75 Å². The van der Waals surface area contributed by atoms with Gasteiger partial charge < -0.3 is 9.64 Å². The molecule has 1 fully saturated rings. The van der Waals surface area contributed by atoms with Crippen molar-refractivity contribution in [3.63, 3.8) is 0 Å². The van der Waals surface area contributed by atoms with E-state index < -0.39 is 0 Å². The Morgan fingerprint density at radius 3 is 3.12 bits per heavy atom. The lowest BCUT2D eigenvalue weighted by atomic mass is 10.1. The molecule has 1 amide bonds. The van der Waals surface area contributed by atoms with Crippen LogP contribution >= 0.6 is 11.6 Å². The average Bonchev–Trinajstić information content (AvgIpc) is 2.93. The van der Waals surface area contributed by atoms with E-state index in [-0.39, 0.29) is 11.8 Å². The van der Waals surface area contributed by atoms with E-state index in [4.69, 9.17) is 16.3 Å². The van der Waals surface area contributed by atoms with E-state index in [1.807, 2.05) is 17.0 Å². The van der Waals surface area contributed by atoms with Crippen LogP contribution in [0.1, 0.15) is 12.0 Å². The zero-order valence-corrected chi connectivity index (χ0v) is 10.2. The molecule has 2 heterocycles. The third-order valence-corrected chi connectivity index (χ3v) is 3.84. The van der Waals surface area contributed by atoms with Gasteiger partial charge in [0.1, 0.15) is 5.75 Å². The third-order valence-electron chi connectivity index (χ3n) is 3.41. The largest absolute Gasteiger partial charge is 0.493 e. The normalized spacial score (nSPS) is 22.8. The molecule has 0 aromatic heterocycles. The smallest absolute Gasteiger partial charge is 0.227 e. The molecule has 1 saturated heterocycles. The summed E-state index contributed by atoms with van der Waals surface area (Å²) in [5, 5.41) is 0. The Kier molecular flexibility index (Phi) is 2.71. The Hall–Kier alpha value is -1.22. The number of carbonyl (C=O) groups excluding carboxylic acids is 1. The number of carbonyl (C=O) groups is 1. The average molecular weight is 252 g/mol. The quantitative estimate of drug-likeness (QED) is 0.755. The summed E-state index contributed by atoms with van der Waals surface area (Å²) in [5.41, 5.74) is 2.18. The van der Waals surface area contributed by atoms with E-state index in [1.54, 1.807) is 0 Å². The molecule has 1 aromatic carbocycles. The van der Waals surface area contributed by atoms with Gasteiger partial charge in [0.05, 0.1) is 6.61 Å². The first-order valence-electron chi connectivity index (χ1n) is 5.90. The predicted octanol–water partition coefficient (Wildman–Crippen LogP) is 2.21. The van der Waals surface area contributed by atoms with E-state index in [2.05, 4.69) is 6.07 Å². The molecule has 90 valence electrons. The van der Waals surface area contributed by atoms with Crippen molar-refractivity contribution in [3.05, 3.63) is 23.8 Å². The van der Waals surface area contributed by atoms with Crippen molar-refractivity contribution in [3.8, 4) is 5.75 Å². The van der Waals surface area contributed by atoms with Gasteiger partial charge in [-0.25, -0.2) is 0 Å². The summed E-state index contributed by atoms with van der Waals surface area (Å²) in [7, 11) is 0. The second-order valence-corrected chi connectivity index (χ2v) is 4.93. The highest BCUT2D eigenvalue weighted by molar-refractivity contribution is 6.18. The molecule has 0 saturated carbocycles. The fourth-order valence-electron chi connectivity index (χ4n) is 2.48. The van der Waals surface area contributed by atoms with Gasteiger partial charge in [-0.2, -0.15) is 0 Å². The van der Waals surface area contributed by atoms with E-state index >= 15 is 0 Å². The lowest BCUT2D eigenvalue weighted by molar-refractivity contribution is -0.117. The van der Waals surface area contributed by atoms with Crippen molar-refractivity contribution in [2.75, 3.05) is 23.9 Å². The number of fused-ring (bicyclic) bond motifs is 1. The molecule has 4 heteroatoms. The Morgan fingerprint density at radius 1 is 1.47 bits per heavy atom. The van der Waals surface area contributed by atoms with Crippen molar-refractivity contribution >= 4 is 23.2 Å². The lowest BCUT2D eigenvalue weighted by Gasteiger charge is -2.17. The Labute approximate surface area is 105 Å². The van der Waals surface area contributed by atoms with Gasteiger partial charge in [-0.3, -0.25) is 4.79 Å². The Balaban J connectivity index is 1.87. The standard InChI is InChI=1S/C13H14ClNO2/c14-7-9-5-13(16)15(8-9)11-1-2-12-10(6-11)3-4-17-12/h1-2,6,9H,3-5,7-8H2. The van der Waals surface area contributed by atoms with Gasteiger partial charge in [0, 0.05) is 31.0 Å². The maximum Gasteiger partial charge on any atom is 0.227 e. The first-order chi connectivity index (χ1) is 8.28. The number of hydrogen-bond donors (Lipinski definition) is 0. The van der Waals surface area contributed by atoms with E-state index in [1.165, 1.54) is 5.56 Å². The van der Waals surface area contributed by atoms with E-state index in [9.17, 15) is 4.79 Å². The molecule has 3 nitrogen and oxygen atoms in total. The minimum Gasteiger partial charge on any atom is -0.493 e. The van der Waals surface area contributed by atoms with Gasteiger partial charge in [-0.15, -0.1) is 11.6 Å². The number of halogens is 1. The molecule has 0 aliphatic carbocycles. The van der Waals surface area contributed by atoms with Crippen LogP contribution in [-0.2, 0) is 11.2 Å². The summed E-state index contributed by atoms with van der Waals surface area (Å²) in [6, 6.07) is 5.98. The van der Waals surface area contributed by atoms with Crippen LogP contribution in [0.25, 0.3) is 0 Å². The number of alkyl halides is 1. The van der Waals surface area contributed by atoms with Gasteiger partial charge in [0.15, 0.2) is 0 Å². The maximum atomic E-state index is 11.9. The van der Waals surface area contributed by atoms with Crippen molar-refractivity contribution in [1.82, 2.24) is 0 Å². The van der Waals surface area contributed by atoms with Gasteiger partial charge in [0.2, 0.25) is 5.91 Å². The molecular formula is C13H14ClNO2. The van der Waals surface area contributed by atoms with Crippen molar-refractivity contribution < 1.29 is 9.53 Å². The minimum atomic E-state index is 0.175. The number of hydrogen-bond acceptors (Lipinski definition) is 2. The highest BCUT2D eigenvalue weighted by atomic mass is 35.5. The van der Waals surface area contributed by atoms with Gasteiger partial charge >= 0.3 is 0 Å². The third kappa shape index (κ3) is 1.89. The van der Waals surface area contributed by atoms with Crippen LogP contribution < -0.4 is 9.64 Å². The van der Waals surface area contributed by atoms with E-state index in [0.29, 0.717) is 12.3 Å². The molecule has 0 radical (unpaired) electrons. The topological polar surface area (TPSA) is 29.5 Å². The monoisotopic (exact) mass is 251 g/mol. The van der Waals surface area contributed by atoms with Crippen LogP contribution in [0.2, 0.25) is 0 Å². The van der Waals surface area contributed by atoms with Gasteiger partial charge in [-0.1, -0.05) is 0 Å². The number of ether oxygens (including phenoxy) is 1. The number of amides is 1. The summed E-state index contributed by atoms with van der Waals surface area (Å²) in [6.45, 7) is 1.49. The fraction of sp³-hybridized carbons (Fsp3) is 0.462. The molecule has 3 rings (SSSR count). The predicted molar refractivity (Wildman–Crippen MR) is 66.8 cm³/mol. The number of rotatable bonds is 2. The molecule has 2 aliphatic heterocycles. The van der Waals surface area contributed by atoms with Crippen LogP contribution in [0.4, 0.5) is 5.69 Å². The molecule has 1 unspecified atom stereocenters. The van der Waals surface area contributed by atoms with Crippen molar-refractivity contribution in [2.24, 2.45) is 5.92 Å². The minimum absolute atomic E-state index is 0.175. The summed E-state index contributed by atoms with van der Waals surface area (Å²) in [5.74, 6) is 1.97. The molecule has 2 aliphatic rings. The van der Waals surface area contributed by atoms with Crippen LogP contribution in [0.3, 0.4) is 0 Å². The van der Waals surface area contributed by atoms with Gasteiger partial charge in [0.25, 0.3) is 0 Å². The second kappa shape index (κ2) is 4.22. The number of anilines is 1. The molecule has 1 atom stereocenters. The number of benzene rings is 1. The van der Waals surface area contributed by atoms with Crippen LogP contribution in [0.15, 0.2) is 18.2 Å².